The van der Waals surface area contributed by atoms with Crippen molar-refractivity contribution in [2.45, 2.75) is 25.2 Å². The van der Waals surface area contributed by atoms with E-state index in [2.05, 4.69) is 15.8 Å². The van der Waals surface area contributed by atoms with Crippen molar-refractivity contribution in [2.75, 3.05) is 19.5 Å². The zero-order valence-electron chi connectivity index (χ0n) is 12.9. The lowest BCUT2D eigenvalue weighted by Crippen LogP contribution is -3.00. The quantitative estimate of drug-likeness (QED) is 0.549. The minimum Gasteiger partial charge on any atom is -1.00 e. The first-order chi connectivity index (χ1) is 10.1. The lowest BCUT2D eigenvalue weighted by atomic mass is 10.2. The van der Waals surface area contributed by atoms with Crippen LogP contribution < -0.4 is 22.1 Å². The molecule has 0 bridgehead atoms. The Bertz CT molecular complexity index is 649. The Morgan fingerprint density at radius 3 is 2.77 bits per heavy atom. The first kappa shape index (κ1) is 18.6. The number of esters is 1. The molecule has 0 saturated carbocycles. The van der Waals surface area contributed by atoms with Crippen molar-refractivity contribution in [3.8, 4) is 5.75 Å². The highest BCUT2D eigenvalue weighted by molar-refractivity contribution is 7.99. The Morgan fingerprint density at radius 2 is 2.09 bits per heavy atom. The van der Waals surface area contributed by atoms with Gasteiger partial charge in [0.2, 0.25) is 5.52 Å². The highest BCUT2D eigenvalue weighted by atomic mass is 35.5. The molecule has 2 aromatic rings. The van der Waals surface area contributed by atoms with E-state index in [4.69, 9.17) is 4.74 Å². The van der Waals surface area contributed by atoms with Gasteiger partial charge in [-0.3, -0.25) is 4.79 Å². The van der Waals surface area contributed by atoms with Crippen molar-refractivity contribution in [3.63, 3.8) is 0 Å². The number of fused-ring (bicyclic) bond motifs is 1. The van der Waals surface area contributed by atoms with Gasteiger partial charge in [-0.1, -0.05) is 0 Å². The number of nitrogens with one attached hydrogen (secondary N) is 1. The standard InChI is InChI=1S/C16H19NO3S.ClH/c1-4-20-12-5-6-14-13(10-12)15(9-11(2)17-14)21-8-7-16(18)19-3;/h5-6,9-10H,4,7-8H2,1-3H3;1H. The third-order valence-electron chi connectivity index (χ3n) is 3.04. The molecule has 0 fully saturated rings. The van der Waals surface area contributed by atoms with Crippen LogP contribution in [0.15, 0.2) is 29.2 Å². The van der Waals surface area contributed by atoms with Gasteiger partial charge in [-0.25, -0.2) is 4.98 Å². The molecule has 0 saturated heterocycles. The van der Waals surface area contributed by atoms with E-state index in [1.54, 1.807) is 11.8 Å². The van der Waals surface area contributed by atoms with Crippen molar-refractivity contribution in [2.24, 2.45) is 0 Å². The first-order valence-electron chi connectivity index (χ1n) is 6.93. The number of thioether (sulfide) groups is 1. The van der Waals surface area contributed by atoms with Gasteiger partial charge < -0.3 is 21.9 Å². The van der Waals surface area contributed by atoms with Gasteiger partial charge in [0.1, 0.15) is 5.75 Å². The summed E-state index contributed by atoms with van der Waals surface area (Å²) in [6, 6.07) is 8.12. The van der Waals surface area contributed by atoms with Gasteiger partial charge in [0.15, 0.2) is 5.69 Å². The number of aromatic nitrogens is 1. The second-order valence-electron chi connectivity index (χ2n) is 4.63. The lowest BCUT2D eigenvalue weighted by Gasteiger charge is -2.07. The summed E-state index contributed by atoms with van der Waals surface area (Å²) in [7, 11) is 1.42. The van der Waals surface area contributed by atoms with Crippen molar-refractivity contribution in [3.05, 3.63) is 30.0 Å². The van der Waals surface area contributed by atoms with Crippen LogP contribution in [-0.4, -0.2) is 25.4 Å². The highest BCUT2D eigenvalue weighted by Crippen LogP contribution is 2.29. The molecule has 120 valence electrons. The minimum absolute atomic E-state index is 0. The molecule has 0 aliphatic heterocycles. The summed E-state index contributed by atoms with van der Waals surface area (Å²) in [4.78, 5) is 15.7. The molecule has 4 nitrogen and oxygen atoms in total. The van der Waals surface area contributed by atoms with E-state index in [0.29, 0.717) is 18.8 Å². The largest absolute Gasteiger partial charge is 1.00 e. The summed E-state index contributed by atoms with van der Waals surface area (Å²) in [5, 5.41) is 1.11. The fraction of sp³-hybridized carbons (Fsp3) is 0.375. The van der Waals surface area contributed by atoms with Crippen LogP contribution in [-0.2, 0) is 9.53 Å². The van der Waals surface area contributed by atoms with Crippen LogP contribution in [0.5, 0.6) is 5.75 Å². The molecule has 1 aromatic heterocycles. The third kappa shape index (κ3) is 4.78. The molecule has 6 heteroatoms. The number of benzene rings is 1. The van der Waals surface area contributed by atoms with E-state index in [0.717, 1.165) is 27.2 Å². The molecule has 0 spiro atoms. The van der Waals surface area contributed by atoms with Gasteiger partial charge in [0, 0.05) is 29.7 Å². The number of carbonyl (C=O) groups is 1. The number of methoxy groups -OCH3 is 1. The third-order valence-corrected chi connectivity index (χ3v) is 4.10. The van der Waals surface area contributed by atoms with Gasteiger partial charge in [-0.05, 0) is 19.1 Å². The molecule has 0 aliphatic rings. The van der Waals surface area contributed by atoms with Crippen molar-refractivity contribution in [1.29, 1.82) is 0 Å². The number of H-pyrrole nitrogens is 1. The molecule has 0 atom stereocenters. The van der Waals surface area contributed by atoms with Gasteiger partial charge in [0.05, 0.1) is 25.5 Å². The lowest BCUT2D eigenvalue weighted by molar-refractivity contribution is -0.355. The van der Waals surface area contributed by atoms with Crippen molar-refractivity contribution in [1.82, 2.24) is 0 Å². The zero-order valence-corrected chi connectivity index (χ0v) is 14.5. The van der Waals surface area contributed by atoms with Crippen LogP contribution in [0.25, 0.3) is 10.9 Å². The maximum absolute atomic E-state index is 11.2. The van der Waals surface area contributed by atoms with Gasteiger partial charge in [-0.15, -0.1) is 11.8 Å². The molecule has 22 heavy (non-hydrogen) atoms. The molecule has 1 N–H and O–H groups in total. The van der Waals surface area contributed by atoms with Crippen LogP contribution in [0.2, 0.25) is 0 Å². The Morgan fingerprint density at radius 1 is 1.32 bits per heavy atom. The predicted octanol–water partition coefficient (Wildman–Crippen LogP) is 0.0202. The molecule has 1 heterocycles. The van der Waals surface area contributed by atoms with E-state index in [1.165, 1.54) is 7.11 Å². The number of pyridine rings is 1. The fourth-order valence-electron chi connectivity index (χ4n) is 2.08. The minimum atomic E-state index is -0.180. The summed E-state index contributed by atoms with van der Waals surface area (Å²) >= 11 is 1.66. The number of hydrogen-bond donors (Lipinski definition) is 0. The number of hydrogen-bond acceptors (Lipinski definition) is 4. The van der Waals surface area contributed by atoms with Crippen LogP contribution >= 0.6 is 11.8 Å². The zero-order chi connectivity index (χ0) is 15.2. The molecular weight excluding hydrogens is 322 g/mol. The molecule has 1 aromatic carbocycles. The molecule has 0 unspecified atom stereocenters. The van der Waals surface area contributed by atoms with E-state index < -0.39 is 0 Å². The number of ether oxygens (including phenoxy) is 2. The van der Waals surface area contributed by atoms with Crippen molar-refractivity contribution < 1.29 is 31.7 Å². The number of aryl methyl sites for hydroxylation is 1. The summed E-state index contributed by atoms with van der Waals surface area (Å²) in [6.07, 6.45) is 0.408. The van der Waals surface area contributed by atoms with E-state index in [9.17, 15) is 4.79 Å². The predicted molar refractivity (Wildman–Crippen MR) is 83.8 cm³/mol. The normalized spacial score (nSPS) is 10.1. The Labute approximate surface area is 141 Å². The molecular formula is C16H20ClNO3S. The molecule has 0 radical (unpaired) electrons. The molecule has 0 amide bonds. The van der Waals surface area contributed by atoms with Gasteiger partial charge in [-0.2, -0.15) is 0 Å². The second kappa shape index (κ2) is 8.86. The molecule has 0 aliphatic carbocycles. The summed E-state index contributed by atoms with van der Waals surface area (Å²) in [6.45, 7) is 4.64. The number of aromatic amines is 1. The van der Waals surface area contributed by atoms with Gasteiger partial charge in [0.25, 0.3) is 0 Å². The van der Waals surface area contributed by atoms with E-state index in [-0.39, 0.29) is 18.4 Å². The smallest absolute Gasteiger partial charge is 0.306 e. The molecule has 2 rings (SSSR count). The Kier molecular flexibility index (Phi) is 7.48. The highest BCUT2D eigenvalue weighted by Gasteiger charge is 2.12. The van der Waals surface area contributed by atoms with Crippen molar-refractivity contribution >= 4 is 28.6 Å². The van der Waals surface area contributed by atoms with Crippen LogP contribution in [0.3, 0.4) is 0 Å². The number of carbonyl (C=O) groups excluding carboxylic acids is 1. The second-order valence-corrected chi connectivity index (χ2v) is 5.77. The topological polar surface area (TPSA) is 49.7 Å². The Balaban J connectivity index is 0.00000242. The van der Waals surface area contributed by atoms with Crippen LogP contribution in [0.1, 0.15) is 19.0 Å². The monoisotopic (exact) mass is 341 g/mol. The SMILES string of the molecule is CCOc1ccc2[nH+]c(C)cc(SCCC(=O)OC)c2c1.[Cl-]. The number of halogens is 1. The fourth-order valence-corrected chi connectivity index (χ4v) is 3.15. The average molecular weight is 342 g/mol. The van der Waals surface area contributed by atoms with Gasteiger partial charge >= 0.3 is 5.97 Å². The van der Waals surface area contributed by atoms with Crippen LogP contribution in [0.4, 0.5) is 0 Å². The van der Waals surface area contributed by atoms with E-state index in [1.807, 2.05) is 32.0 Å². The maximum atomic E-state index is 11.2. The summed E-state index contributed by atoms with van der Waals surface area (Å²) in [5.74, 6) is 1.38. The van der Waals surface area contributed by atoms with E-state index >= 15 is 0 Å². The first-order valence-corrected chi connectivity index (χ1v) is 7.91. The average Bonchev–Trinajstić information content (AvgIpc) is 2.47. The van der Waals surface area contributed by atoms with Crippen LogP contribution in [0, 0.1) is 6.92 Å². The summed E-state index contributed by atoms with van der Waals surface area (Å²) in [5.41, 5.74) is 2.16. The maximum Gasteiger partial charge on any atom is 0.306 e. The summed E-state index contributed by atoms with van der Waals surface area (Å²) < 4.78 is 10.2. The number of rotatable bonds is 6. The Hall–Kier alpha value is -1.46.